The molecule has 0 saturated heterocycles. The second kappa shape index (κ2) is 8.71. The number of rotatable bonds is 2. The van der Waals surface area contributed by atoms with E-state index < -0.39 is 11.9 Å². The van der Waals surface area contributed by atoms with E-state index in [-0.39, 0.29) is 30.6 Å². The van der Waals surface area contributed by atoms with Gasteiger partial charge in [-0.15, -0.1) is 0 Å². The van der Waals surface area contributed by atoms with Crippen LogP contribution in [-0.2, 0) is 19.5 Å². The summed E-state index contributed by atoms with van der Waals surface area (Å²) in [6.45, 7) is 0. The second-order valence-corrected chi connectivity index (χ2v) is 3.85. The molecule has 0 aromatic heterocycles. The van der Waals surface area contributed by atoms with Crippen LogP contribution in [0.1, 0.15) is 20.7 Å². The van der Waals surface area contributed by atoms with E-state index in [4.69, 9.17) is 21.7 Å². The van der Waals surface area contributed by atoms with Crippen LogP contribution >= 0.6 is 0 Å². The molecular formula is C14H14N2O4Zn. The smallest absolute Gasteiger partial charge is 0.335 e. The van der Waals surface area contributed by atoms with Gasteiger partial charge in [-0.25, -0.2) is 9.59 Å². The molecule has 0 amide bonds. The summed E-state index contributed by atoms with van der Waals surface area (Å²) in [4.78, 5) is 20.5. The Bertz CT molecular complexity index is 542. The largest absolute Gasteiger partial charge is 0.478 e. The van der Waals surface area contributed by atoms with Crippen LogP contribution in [-0.4, -0.2) is 22.2 Å². The number of anilines is 2. The predicted molar refractivity (Wildman–Crippen MR) is 75.6 cm³/mol. The summed E-state index contributed by atoms with van der Waals surface area (Å²) in [7, 11) is 0. The van der Waals surface area contributed by atoms with Crippen molar-refractivity contribution in [1.29, 1.82) is 0 Å². The Balaban J connectivity index is 0.000000364. The third-order valence-electron chi connectivity index (χ3n) is 2.32. The molecule has 0 fully saturated rings. The number of nitrogens with two attached hydrogens (primary N) is 2. The van der Waals surface area contributed by atoms with Crippen molar-refractivity contribution < 1.29 is 39.3 Å². The molecule has 0 bridgehead atoms. The Morgan fingerprint density at radius 3 is 1.10 bits per heavy atom. The van der Waals surface area contributed by atoms with Crippen molar-refractivity contribution in [3.05, 3.63) is 59.7 Å². The number of benzene rings is 2. The van der Waals surface area contributed by atoms with Crippen LogP contribution in [0.4, 0.5) is 11.4 Å². The van der Waals surface area contributed by atoms with Crippen molar-refractivity contribution >= 4 is 23.3 Å². The third kappa shape index (κ3) is 6.54. The molecule has 0 heterocycles. The van der Waals surface area contributed by atoms with Crippen LogP contribution < -0.4 is 11.5 Å². The van der Waals surface area contributed by atoms with E-state index in [1.165, 1.54) is 24.3 Å². The quantitative estimate of drug-likeness (QED) is 0.489. The fraction of sp³-hybridized carbons (Fsp3) is 0. The minimum atomic E-state index is -0.931. The van der Waals surface area contributed by atoms with Crippen LogP contribution in [0.15, 0.2) is 48.5 Å². The van der Waals surface area contributed by atoms with Crippen molar-refractivity contribution in [2.75, 3.05) is 11.5 Å². The van der Waals surface area contributed by atoms with Crippen molar-refractivity contribution in [2.24, 2.45) is 0 Å². The molecule has 0 aliphatic carbocycles. The number of hydrogen-bond acceptors (Lipinski definition) is 4. The third-order valence-corrected chi connectivity index (χ3v) is 2.32. The first-order valence-electron chi connectivity index (χ1n) is 5.58. The molecule has 2 rings (SSSR count). The van der Waals surface area contributed by atoms with Gasteiger partial charge in [0.05, 0.1) is 11.1 Å². The molecule has 0 saturated carbocycles. The molecule has 6 N–H and O–H groups in total. The molecule has 7 heteroatoms. The Morgan fingerprint density at radius 2 is 0.905 bits per heavy atom. The van der Waals surface area contributed by atoms with E-state index in [0.29, 0.717) is 11.4 Å². The van der Waals surface area contributed by atoms with Crippen LogP contribution in [0, 0.1) is 0 Å². The Hall–Kier alpha value is -2.40. The SMILES string of the molecule is Nc1ccc(C(=O)O)cc1.Nc1ccc(C(=O)O)cc1.[Zn]. The van der Waals surface area contributed by atoms with Gasteiger partial charge >= 0.3 is 11.9 Å². The molecular weight excluding hydrogens is 326 g/mol. The molecule has 2 aromatic rings. The molecule has 106 valence electrons. The van der Waals surface area contributed by atoms with E-state index in [1.54, 1.807) is 24.3 Å². The van der Waals surface area contributed by atoms with E-state index in [2.05, 4.69) is 0 Å². The monoisotopic (exact) mass is 338 g/mol. The van der Waals surface area contributed by atoms with Gasteiger partial charge in [0.15, 0.2) is 0 Å². The van der Waals surface area contributed by atoms with Gasteiger partial charge in [0.2, 0.25) is 0 Å². The average molecular weight is 340 g/mol. The second-order valence-electron chi connectivity index (χ2n) is 3.85. The summed E-state index contributed by atoms with van der Waals surface area (Å²) in [6.07, 6.45) is 0. The summed E-state index contributed by atoms with van der Waals surface area (Å²) < 4.78 is 0. The molecule has 6 nitrogen and oxygen atoms in total. The van der Waals surface area contributed by atoms with Gasteiger partial charge < -0.3 is 21.7 Å². The predicted octanol–water partition coefficient (Wildman–Crippen LogP) is 1.93. The first-order valence-corrected chi connectivity index (χ1v) is 5.58. The van der Waals surface area contributed by atoms with E-state index in [1.807, 2.05) is 0 Å². The van der Waals surface area contributed by atoms with Crippen molar-refractivity contribution in [3.8, 4) is 0 Å². The molecule has 0 atom stereocenters. The normalized spacial score (nSPS) is 8.76. The number of carboxylic acid groups (broad SMARTS) is 2. The number of aromatic carboxylic acids is 2. The number of hydrogen-bond donors (Lipinski definition) is 4. The fourth-order valence-electron chi connectivity index (χ4n) is 1.25. The Kier molecular flexibility index (Phi) is 7.72. The standard InChI is InChI=1S/2C7H7NO2.Zn/c2*8-6-3-1-5(2-4-6)7(9)10;/h2*1-4H,8H2,(H,9,10);. The molecule has 0 aliphatic heterocycles. The fourth-order valence-corrected chi connectivity index (χ4v) is 1.25. The zero-order valence-electron chi connectivity index (χ0n) is 11.2. The molecule has 0 spiro atoms. The van der Waals surface area contributed by atoms with Gasteiger partial charge in [0, 0.05) is 30.9 Å². The Morgan fingerprint density at radius 1 is 0.667 bits per heavy atom. The van der Waals surface area contributed by atoms with Crippen LogP contribution in [0.2, 0.25) is 0 Å². The molecule has 0 aliphatic rings. The minimum absolute atomic E-state index is 0. The Labute approximate surface area is 134 Å². The maximum Gasteiger partial charge on any atom is 0.335 e. The zero-order chi connectivity index (χ0) is 15.1. The van der Waals surface area contributed by atoms with Gasteiger partial charge in [-0.3, -0.25) is 0 Å². The zero-order valence-corrected chi connectivity index (χ0v) is 14.2. The van der Waals surface area contributed by atoms with Gasteiger partial charge in [-0.05, 0) is 48.5 Å². The topological polar surface area (TPSA) is 127 Å². The van der Waals surface area contributed by atoms with Gasteiger partial charge in [0.25, 0.3) is 0 Å². The van der Waals surface area contributed by atoms with E-state index in [9.17, 15) is 9.59 Å². The van der Waals surface area contributed by atoms with Crippen LogP contribution in [0.5, 0.6) is 0 Å². The average Bonchev–Trinajstić information content (AvgIpc) is 2.40. The minimum Gasteiger partial charge on any atom is -0.478 e. The van der Waals surface area contributed by atoms with E-state index in [0.717, 1.165) is 0 Å². The van der Waals surface area contributed by atoms with Gasteiger partial charge in [-0.1, -0.05) is 0 Å². The molecule has 2 aromatic carbocycles. The molecule has 0 unspecified atom stereocenters. The van der Waals surface area contributed by atoms with Gasteiger partial charge in [0.1, 0.15) is 0 Å². The van der Waals surface area contributed by atoms with Crippen molar-refractivity contribution in [1.82, 2.24) is 0 Å². The van der Waals surface area contributed by atoms with Crippen LogP contribution in [0.25, 0.3) is 0 Å². The van der Waals surface area contributed by atoms with Gasteiger partial charge in [-0.2, -0.15) is 0 Å². The first kappa shape index (κ1) is 18.6. The summed E-state index contributed by atoms with van der Waals surface area (Å²) in [5, 5.41) is 16.9. The molecule has 0 radical (unpaired) electrons. The number of carboxylic acids is 2. The molecule has 21 heavy (non-hydrogen) atoms. The summed E-state index contributed by atoms with van der Waals surface area (Å²) >= 11 is 0. The maximum atomic E-state index is 10.3. The first-order chi connectivity index (χ1) is 9.40. The number of carbonyl (C=O) groups is 2. The van der Waals surface area contributed by atoms with Crippen molar-refractivity contribution in [2.45, 2.75) is 0 Å². The summed E-state index contributed by atoms with van der Waals surface area (Å²) in [5.41, 5.74) is 12.3. The van der Waals surface area contributed by atoms with Crippen LogP contribution in [0.3, 0.4) is 0 Å². The van der Waals surface area contributed by atoms with Crippen molar-refractivity contribution in [3.63, 3.8) is 0 Å². The summed E-state index contributed by atoms with van der Waals surface area (Å²) in [6, 6.07) is 12.1. The number of nitrogen functional groups attached to an aromatic ring is 2. The summed E-state index contributed by atoms with van der Waals surface area (Å²) in [5.74, 6) is -1.86. The van der Waals surface area contributed by atoms with E-state index >= 15 is 0 Å². The maximum absolute atomic E-state index is 10.3.